The van der Waals surface area contributed by atoms with Gasteiger partial charge in [-0.2, -0.15) is 5.10 Å². The molecule has 0 aliphatic rings. The fourth-order valence-electron chi connectivity index (χ4n) is 2.73. The molecule has 0 fully saturated rings. The Morgan fingerprint density at radius 1 is 1.07 bits per heavy atom. The highest BCUT2D eigenvalue weighted by atomic mass is 32.2. The molecule has 0 atom stereocenters. The maximum atomic E-state index is 13.4. The van der Waals surface area contributed by atoms with Gasteiger partial charge in [0.25, 0.3) is 0 Å². The molecule has 3 heterocycles. The standard InChI is InChI=1S/C19H17FN6S/c1-2-25-18(14-6-9-21-10-7-14)22-23-19(25)27-13-16-8-11-26(24-16)17-5-3-4-15(20)12-17/h3-12H,2,13H2,1H3. The third-order valence-corrected chi connectivity index (χ3v) is 5.04. The van der Waals surface area contributed by atoms with E-state index in [-0.39, 0.29) is 5.82 Å². The minimum atomic E-state index is -0.279. The summed E-state index contributed by atoms with van der Waals surface area (Å²) < 4.78 is 17.1. The Kier molecular flexibility index (Phi) is 4.97. The van der Waals surface area contributed by atoms with Gasteiger partial charge in [0.1, 0.15) is 5.82 Å². The normalized spacial score (nSPS) is 11.0. The quantitative estimate of drug-likeness (QED) is 0.474. The van der Waals surface area contributed by atoms with E-state index in [1.807, 2.05) is 30.5 Å². The molecular formula is C19H17FN6S. The molecule has 0 N–H and O–H groups in total. The number of hydrogen-bond donors (Lipinski definition) is 0. The fourth-order valence-corrected chi connectivity index (χ4v) is 3.64. The highest BCUT2D eigenvalue weighted by Gasteiger charge is 2.13. The molecule has 8 heteroatoms. The van der Waals surface area contributed by atoms with Gasteiger partial charge in [0, 0.05) is 36.5 Å². The molecule has 0 amide bonds. The molecule has 0 radical (unpaired) electrons. The molecule has 27 heavy (non-hydrogen) atoms. The van der Waals surface area contributed by atoms with Gasteiger partial charge in [-0.15, -0.1) is 10.2 Å². The predicted molar refractivity (Wildman–Crippen MR) is 102 cm³/mol. The van der Waals surface area contributed by atoms with E-state index in [0.717, 1.165) is 28.8 Å². The molecule has 136 valence electrons. The van der Waals surface area contributed by atoms with E-state index in [1.54, 1.807) is 34.9 Å². The second-order valence-corrected chi connectivity index (χ2v) is 6.75. The summed E-state index contributed by atoms with van der Waals surface area (Å²) in [7, 11) is 0. The molecule has 0 spiro atoms. The highest BCUT2D eigenvalue weighted by molar-refractivity contribution is 7.98. The van der Waals surface area contributed by atoms with Crippen LogP contribution in [0.1, 0.15) is 12.6 Å². The molecule has 0 saturated heterocycles. The van der Waals surface area contributed by atoms with E-state index in [4.69, 9.17) is 0 Å². The lowest BCUT2D eigenvalue weighted by molar-refractivity contribution is 0.625. The zero-order valence-corrected chi connectivity index (χ0v) is 15.5. The van der Waals surface area contributed by atoms with Crippen molar-refractivity contribution in [1.29, 1.82) is 0 Å². The number of thioether (sulfide) groups is 1. The van der Waals surface area contributed by atoms with E-state index in [0.29, 0.717) is 11.4 Å². The van der Waals surface area contributed by atoms with E-state index < -0.39 is 0 Å². The number of benzene rings is 1. The van der Waals surface area contributed by atoms with Gasteiger partial charge in [-0.1, -0.05) is 17.8 Å². The van der Waals surface area contributed by atoms with Crippen LogP contribution in [0.5, 0.6) is 0 Å². The van der Waals surface area contributed by atoms with Crippen LogP contribution in [0.25, 0.3) is 17.1 Å². The second kappa shape index (κ2) is 7.71. The lowest BCUT2D eigenvalue weighted by Gasteiger charge is -2.06. The van der Waals surface area contributed by atoms with E-state index >= 15 is 0 Å². The maximum absolute atomic E-state index is 13.4. The van der Waals surface area contributed by atoms with Gasteiger partial charge in [0.15, 0.2) is 11.0 Å². The summed E-state index contributed by atoms with van der Waals surface area (Å²) in [6, 6.07) is 12.1. The van der Waals surface area contributed by atoms with Gasteiger partial charge in [0.2, 0.25) is 0 Å². The molecule has 0 unspecified atom stereocenters. The first-order chi connectivity index (χ1) is 13.2. The van der Waals surface area contributed by atoms with Crippen molar-refractivity contribution in [2.45, 2.75) is 24.4 Å². The number of aromatic nitrogens is 6. The van der Waals surface area contributed by atoms with Crippen LogP contribution in [0.3, 0.4) is 0 Å². The second-order valence-electron chi connectivity index (χ2n) is 5.81. The van der Waals surface area contributed by atoms with Crippen molar-refractivity contribution in [2.75, 3.05) is 0 Å². The van der Waals surface area contributed by atoms with Gasteiger partial charge in [-0.25, -0.2) is 9.07 Å². The Bertz CT molecular complexity index is 1040. The smallest absolute Gasteiger partial charge is 0.191 e. The summed E-state index contributed by atoms with van der Waals surface area (Å²) in [4.78, 5) is 4.05. The summed E-state index contributed by atoms with van der Waals surface area (Å²) >= 11 is 1.58. The Hall–Kier alpha value is -3.00. The van der Waals surface area contributed by atoms with Crippen molar-refractivity contribution in [3.8, 4) is 17.1 Å². The maximum Gasteiger partial charge on any atom is 0.191 e. The zero-order chi connectivity index (χ0) is 18.6. The first-order valence-corrected chi connectivity index (χ1v) is 9.50. The van der Waals surface area contributed by atoms with Crippen molar-refractivity contribution < 1.29 is 4.39 Å². The summed E-state index contributed by atoms with van der Waals surface area (Å²) in [6.45, 7) is 2.83. The van der Waals surface area contributed by atoms with Crippen LogP contribution in [0.4, 0.5) is 4.39 Å². The zero-order valence-electron chi connectivity index (χ0n) is 14.7. The average molecular weight is 380 g/mol. The van der Waals surface area contributed by atoms with Gasteiger partial charge >= 0.3 is 0 Å². The summed E-state index contributed by atoms with van der Waals surface area (Å²) in [5.41, 5.74) is 2.57. The first-order valence-electron chi connectivity index (χ1n) is 8.51. The Morgan fingerprint density at radius 2 is 1.93 bits per heavy atom. The molecule has 3 aromatic heterocycles. The molecule has 4 aromatic rings. The fraction of sp³-hybridized carbons (Fsp3) is 0.158. The number of pyridine rings is 1. The summed E-state index contributed by atoms with van der Waals surface area (Å²) in [5, 5.41) is 14.0. The largest absolute Gasteiger partial charge is 0.302 e. The molecule has 0 saturated carbocycles. The van der Waals surface area contributed by atoms with Crippen molar-refractivity contribution in [3.05, 3.63) is 72.6 Å². The highest BCUT2D eigenvalue weighted by Crippen LogP contribution is 2.25. The molecule has 0 aliphatic heterocycles. The van der Waals surface area contributed by atoms with Gasteiger partial charge in [-0.05, 0) is 43.3 Å². The third-order valence-electron chi connectivity index (χ3n) is 4.04. The van der Waals surface area contributed by atoms with Crippen LogP contribution in [0, 0.1) is 5.82 Å². The molecule has 4 rings (SSSR count). The molecule has 0 aliphatic carbocycles. The first kappa shape index (κ1) is 17.4. The van der Waals surface area contributed by atoms with Gasteiger partial charge in [0.05, 0.1) is 11.4 Å². The Balaban J connectivity index is 1.51. The van der Waals surface area contributed by atoms with Crippen LogP contribution in [0.15, 0.2) is 66.2 Å². The summed E-state index contributed by atoms with van der Waals surface area (Å²) in [6.07, 6.45) is 5.32. The van der Waals surface area contributed by atoms with Crippen LogP contribution in [-0.2, 0) is 12.3 Å². The number of halogens is 1. The topological polar surface area (TPSA) is 61.4 Å². The van der Waals surface area contributed by atoms with Crippen LogP contribution < -0.4 is 0 Å². The van der Waals surface area contributed by atoms with Crippen molar-refractivity contribution in [3.63, 3.8) is 0 Å². The van der Waals surface area contributed by atoms with Crippen molar-refractivity contribution in [2.24, 2.45) is 0 Å². The van der Waals surface area contributed by atoms with Crippen LogP contribution in [-0.4, -0.2) is 29.5 Å². The number of nitrogens with zero attached hydrogens (tertiary/aromatic N) is 6. The number of rotatable bonds is 6. The molecule has 1 aromatic carbocycles. The van der Waals surface area contributed by atoms with Gasteiger partial charge in [-0.3, -0.25) is 4.98 Å². The Labute approximate surface area is 160 Å². The minimum absolute atomic E-state index is 0.279. The lowest BCUT2D eigenvalue weighted by Crippen LogP contribution is -2.00. The molecule has 0 bridgehead atoms. The van der Waals surface area contributed by atoms with Crippen molar-refractivity contribution >= 4 is 11.8 Å². The molecule has 6 nitrogen and oxygen atoms in total. The molecular weight excluding hydrogens is 363 g/mol. The van der Waals surface area contributed by atoms with Crippen molar-refractivity contribution in [1.82, 2.24) is 29.5 Å². The van der Waals surface area contributed by atoms with Gasteiger partial charge < -0.3 is 4.57 Å². The minimum Gasteiger partial charge on any atom is -0.302 e. The monoisotopic (exact) mass is 380 g/mol. The average Bonchev–Trinajstić information content (AvgIpc) is 3.34. The Morgan fingerprint density at radius 3 is 2.70 bits per heavy atom. The van der Waals surface area contributed by atoms with Crippen LogP contribution >= 0.6 is 11.8 Å². The predicted octanol–water partition coefficient (Wildman–Crippen LogP) is 3.98. The van der Waals surface area contributed by atoms with E-state index in [2.05, 4.69) is 31.8 Å². The van der Waals surface area contributed by atoms with E-state index in [9.17, 15) is 4.39 Å². The van der Waals surface area contributed by atoms with E-state index in [1.165, 1.54) is 12.1 Å². The summed E-state index contributed by atoms with van der Waals surface area (Å²) in [5.74, 6) is 1.20. The SMILES string of the molecule is CCn1c(SCc2ccn(-c3cccc(F)c3)n2)nnc1-c1ccncc1. The third kappa shape index (κ3) is 3.75. The van der Waals surface area contributed by atoms with Crippen LogP contribution in [0.2, 0.25) is 0 Å². The number of hydrogen-bond acceptors (Lipinski definition) is 5. The lowest BCUT2D eigenvalue weighted by atomic mass is 10.2.